The first-order chi connectivity index (χ1) is 6.16. The largest absolute Gasteiger partial charge is 0.372 e. The first-order valence-electron chi connectivity index (χ1n) is 4.65. The van der Waals surface area contributed by atoms with Gasteiger partial charge in [0.05, 0.1) is 0 Å². The van der Waals surface area contributed by atoms with Crippen molar-refractivity contribution in [3.05, 3.63) is 0 Å². The molecule has 78 valence electrons. The van der Waals surface area contributed by atoms with Crippen molar-refractivity contribution in [1.82, 2.24) is 5.32 Å². The van der Waals surface area contributed by atoms with E-state index in [0.717, 1.165) is 12.8 Å². The van der Waals surface area contributed by atoms with Crippen molar-refractivity contribution in [2.24, 2.45) is 0 Å². The molecule has 0 aliphatic carbocycles. The summed E-state index contributed by atoms with van der Waals surface area (Å²) in [6, 6.07) is 0. The Morgan fingerprint density at radius 1 is 1.62 bits per heavy atom. The zero-order chi connectivity index (χ0) is 10.1. The van der Waals surface area contributed by atoms with Crippen LogP contribution in [0.2, 0.25) is 0 Å². The van der Waals surface area contributed by atoms with Gasteiger partial charge in [0.2, 0.25) is 5.91 Å². The van der Waals surface area contributed by atoms with Crippen LogP contribution in [0, 0.1) is 0 Å². The highest BCUT2D eigenvalue weighted by Crippen LogP contribution is 2.00. The standard InChI is InChI=1S/C9H18BrNO2/c1-3-6-13-7-9(12)11-5-4-8(2)10/h8H,3-7H2,1-2H3,(H,11,12). The van der Waals surface area contributed by atoms with E-state index in [-0.39, 0.29) is 12.5 Å². The average Bonchev–Trinajstić information content (AvgIpc) is 2.04. The van der Waals surface area contributed by atoms with Gasteiger partial charge < -0.3 is 10.1 Å². The number of hydrogen-bond acceptors (Lipinski definition) is 2. The number of hydrogen-bond donors (Lipinski definition) is 1. The van der Waals surface area contributed by atoms with E-state index in [0.29, 0.717) is 18.0 Å². The molecule has 0 aliphatic rings. The van der Waals surface area contributed by atoms with E-state index in [9.17, 15) is 4.79 Å². The fourth-order valence-corrected chi connectivity index (χ4v) is 1.000. The number of amides is 1. The molecule has 0 aromatic carbocycles. The van der Waals surface area contributed by atoms with Gasteiger partial charge in [-0.2, -0.15) is 0 Å². The second-order valence-electron chi connectivity index (χ2n) is 2.97. The van der Waals surface area contributed by atoms with Gasteiger partial charge in [0.25, 0.3) is 0 Å². The molecule has 0 saturated heterocycles. The number of alkyl halides is 1. The Labute approximate surface area is 88.4 Å². The van der Waals surface area contributed by atoms with Crippen LogP contribution in [0.25, 0.3) is 0 Å². The highest BCUT2D eigenvalue weighted by molar-refractivity contribution is 9.09. The van der Waals surface area contributed by atoms with Crippen molar-refractivity contribution in [2.45, 2.75) is 31.5 Å². The molecule has 0 fully saturated rings. The second kappa shape index (κ2) is 8.51. The van der Waals surface area contributed by atoms with E-state index >= 15 is 0 Å². The van der Waals surface area contributed by atoms with Crippen LogP contribution in [0.3, 0.4) is 0 Å². The van der Waals surface area contributed by atoms with Crippen LogP contribution in [-0.4, -0.2) is 30.5 Å². The molecule has 13 heavy (non-hydrogen) atoms. The summed E-state index contributed by atoms with van der Waals surface area (Å²) in [5, 5.41) is 2.78. The topological polar surface area (TPSA) is 38.3 Å². The smallest absolute Gasteiger partial charge is 0.245 e. The van der Waals surface area contributed by atoms with E-state index in [2.05, 4.69) is 28.2 Å². The van der Waals surface area contributed by atoms with Gasteiger partial charge in [-0.3, -0.25) is 4.79 Å². The maximum atomic E-state index is 11.0. The van der Waals surface area contributed by atoms with E-state index < -0.39 is 0 Å². The van der Waals surface area contributed by atoms with Crippen LogP contribution >= 0.6 is 15.9 Å². The van der Waals surface area contributed by atoms with Gasteiger partial charge in [-0.05, 0) is 12.8 Å². The van der Waals surface area contributed by atoms with Crippen molar-refractivity contribution >= 4 is 21.8 Å². The number of halogens is 1. The third kappa shape index (κ3) is 9.83. The van der Waals surface area contributed by atoms with Crippen LogP contribution < -0.4 is 5.32 Å². The lowest BCUT2D eigenvalue weighted by atomic mass is 10.3. The van der Waals surface area contributed by atoms with Crippen LogP contribution in [0.1, 0.15) is 26.7 Å². The Kier molecular flexibility index (Phi) is 8.45. The maximum Gasteiger partial charge on any atom is 0.245 e. The van der Waals surface area contributed by atoms with Crippen molar-refractivity contribution in [3.8, 4) is 0 Å². The maximum absolute atomic E-state index is 11.0. The fraction of sp³-hybridized carbons (Fsp3) is 0.889. The lowest BCUT2D eigenvalue weighted by Gasteiger charge is -2.06. The molecule has 1 atom stereocenters. The predicted molar refractivity (Wildman–Crippen MR) is 57.1 cm³/mol. The van der Waals surface area contributed by atoms with Crippen LogP contribution in [0.15, 0.2) is 0 Å². The average molecular weight is 252 g/mol. The number of carbonyl (C=O) groups excluding carboxylic acids is 1. The lowest BCUT2D eigenvalue weighted by Crippen LogP contribution is -2.29. The lowest BCUT2D eigenvalue weighted by molar-refractivity contribution is -0.125. The van der Waals surface area contributed by atoms with E-state index in [1.807, 2.05) is 6.92 Å². The summed E-state index contributed by atoms with van der Waals surface area (Å²) in [7, 11) is 0. The van der Waals surface area contributed by atoms with E-state index in [1.165, 1.54) is 0 Å². The van der Waals surface area contributed by atoms with Crippen LogP contribution in [0.5, 0.6) is 0 Å². The van der Waals surface area contributed by atoms with Gasteiger partial charge in [-0.25, -0.2) is 0 Å². The van der Waals surface area contributed by atoms with Gasteiger partial charge in [0.15, 0.2) is 0 Å². The van der Waals surface area contributed by atoms with Gasteiger partial charge in [0.1, 0.15) is 6.61 Å². The molecule has 0 aromatic heterocycles. The summed E-state index contributed by atoms with van der Waals surface area (Å²) >= 11 is 3.41. The number of rotatable bonds is 7. The van der Waals surface area contributed by atoms with Crippen molar-refractivity contribution in [1.29, 1.82) is 0 Å². The Morgan fingerprint density at radius 3 is 2.85 bits per heavy atom. The molecule has 0 aliphatic heterocycles. The minimum absolute atomic E-state index is 0.0263. The highest BCUT2D eigenvalue weighted by Gasteiger charge is 2.01. The van der Waals surface area contributed by atoms with Crippen molar-refractivity contribution < 1.29 is 9.53 Å². The van der Waals surface area contributed by atoms with E-state index in [1.54, 1.807) is 0 Å². The summed E-state index contributed by atoms with van der Waals surface area (Å²) in [5.41, 5.74) is 0. The van der Waals surface area contributed by atoms with Crippen molar-refractivity contribution in [2.75, 3.05) is 19.8 Å². The molecule has 0 heterocycles. The molecular formula is C9H18BrNO2. The summed E-state index contributed by atoms with van der Waals surface area (Å²) in [6.07, 6.45) is 1.89. The number of nitrogens with one attached hydrogen (secondary N) is 1. The first kappa shape index (κ1) is 12.9. The van der Waals surface area contributed by atoms with Crippen LogP contribution in [-0.2, 0) is 9.53 Å². The SMILES string of the molecule is CCCOCC(=O)NCCC(C)Br. The van der Waals surface area contributed by atoms with Crippen LogP contribution in [0.4, 0.5) is 0 Å². The normalized spacial score (nSPS) is 12.5. The molecule has 4 heteroatoms. The molecule has 0 rings (SSSR count). The summed E-state index contributed by atoms with van der Waals surface area (Å²) in [4.78, 5) is 11.5. The van der Waals surface area contributed by atoms with Gasteiger partial charge >= 0.3 is 0 Å². The highest BCUT2D eigenvalue weighted by atomic mass is 79.9. The third-order valence-corrected chi connectivity index (χ3v) is 1.90. The zero-order valence-electron chi connectivity index (χ0n) is 8.31. The number of carbonyl (C=O) groups is 1. The summed E-state index contributed by atoms with van der Waals surface area (Å²) < 4.78 is 5.08. The molecule has 0 saturated carbocycles. The quantitative estimate of drug-likeness (QED) is 0.553. The fourth-order valence-electron chi connectivity index (χ4n) is 0.771. The molecule has 0 spiro atoms. The summed E-state index contributed by atoms with van der Waals surface area (Å²) in [5.74, 6) is -0.0263. The Bertz CT molecular complexity index is 140. The molecule has 0 bridgehead atoms. The number of ether oxygens (including phenoxy) is 1. The molecule has 0 aromatic rings. The molecule has 3 nitrogen and oxygen atoms in total. The van der Waals surface area contributed by atoms with E-state index in [4.69, 9.17) is 4.74 Å². The van der Waals surface area contributed by atoms with Crippen molar-refractivity contribution in [3.63, 3.8) is 0 Å². The molecule has 1 N–H and O–H groups in total. The predicted octanol–water partition coefficient (Wildman–Crippen LogP) is 1.70. The molecular weight excluding hydrogens is 234 g/mol. The van der Waals surface area contributed by atoms with Gasteiger partial charge in [-0.15, -0.1) is 0 Å². The minimum Gasteiger partial charge on any atom is -0.372 e. The Balaban J connectivity index is 3.20. The molecule has 0 radical (unpaired) electrons. The first-order valence-corrected chi connectivity index (χ1v) is 5.57. The monoisotopic (exact) mass is 251 g/mol. The Morgan fingerprint density at radius 2 is 2.31 bits per heavy atom. The van der Waals surface area contributed by atoms with Gasteiger partial charge in [0, 0.05) is 18.0 Å². The third-order valence-electron chi connectivity index (χ3n) is 1.45. The Hall–Kier alpha value is -0.0900. The van der Waals surface area contributed by atoms with Gasteiger partial charge in [-0.1, -0.05) is 29.8 Å². The minimum atomic E-state index is -0.0263. The molecule has 1 unspecified atom stereocenters. The molecule has 1 amide bonds. The zero-order valence-corrected chi connectivity index (χ0v) is 9.89. The second-order valence-corrected chi connectivity index (χ2v) is 4.54. The summed E-state index contributed by atoms with van der Waals surface area (Å²) in [6.45, 7) is 5.62.